The quantitative estimate of drug-likeness (QED) is 0.841. The Balaban J connectivity index is 2.83. The minimum absolute atomic E-state index is 0.00451. The maximum Gasteiger partial charge on any atom is 0.336 e. The summed E-state index contributed by atoms with van der Waals surface area (Å²) in [6.07, 6.45) is 0.848. The fourth-order valence-corrected chi connectivity index (χ4v) is 3.50. The van der Waals surface area contributed by atoms with Gasteiger partial charge in [0, 0.05) is 11.9 Å². The molecule has 18 heavy (non-hydrogen) atoms. The van der Waals surface area contributed by atoms with Crippen LogP contribution in [0.5, 0.6) is 0 Å². The van der Waals surface area contributed by atoms with Gasteiger partial charge in [-0.1, -0.05) is 20.8 Å². The lowest BCUT2D eigenvalue weighted by Crippen LogP contribution is -2.33. The van der Waals surface area contributed by atoms with Crippen LogP contribution in [0.3, 0.4) is 0 Å². The summed E-state index contributed by atoms with van der Waals surface area (Å²) >= 11 is 0.912. The minimum atomic E-state index is -3.61. The fraction of sp³-hybridized carbons (Fsp3) is 0.545. The highest BCUT2D eigenvalue weighted by Gasteiger charge is 2.22. The zero-order valence-corrected chi connectivity index (χ0v) is 12.2. The van der Waals surface area contributed by atoms with Crippen molar-refractivity contribution in [2.45, 2.75) is 31.4 Å². The number of hydrogen-bond acceptors (Lipinski definition) is 4. The molecule has 1 rings (SSSR count). The lowest BCUT2D eigenvalue weighted by molar-refractivity contribution is 0.0697. The van der Waals surface area contributed by atoms with Crippen LogP contribution in [-0.2, 0) is 10.0 Å². The lowest BCUT2D eigenvalue weighted by Gasteiger charge is -2.22. The normalized spacial score (nSPS) is 12.6. The van der Waals surface area contributed by atoms with E-state index >= 15 is 0 Å². The van der Waals surface area contributed by atoms with E-state index in [1.54, 1.807) is 0 Å². The highest BCUT2D eigenvalue weighted by molar-refractivity contribution is 7.91. The first-order valence-corrected chi connectivity index (χ1v) is 7.86. The molecule has 0 saturated heterocycles. The second-order valence-corrected chi connectivity index (χ2v) is 7.71. The van der Waals surface area contributed by atoms with Crippen molar-refractivity contribution in [2.24, 2.45) is 5.41 Å². The smallest absolute Gasteiger partial charge is 0.336 e. The summed E-state index contributed by atoms with van der Waals surface area (Å²) in [4.78, 5) is 10.7. The molecule has 0 aliphatic carbocycles. The Morgan fingerprint density at radius 1 is 1.50 bits per heavy atom. The molecule has 0 spiro atoms. The first-order valence-electron chi connectivity index (χ1n) is 5.49. The van der Waals surface area contributed by atoms with Crippen LogP contribution in [0, 0.1) is 5.41 Å². The zero-order valence-electron chi connectivity index (χ0n) is 10.6. The predicted molar refractivity (Wildman–Crippen MR) is 70.5 cm³/mol. The van der Waals surface area contributed by atoms with Crippen LogP contribution in [-0.4, -0.2) is 26.0 Å². The molecule has 1 heterocycles. The van der Waals surface area contributed by atoms with Crippen molar-refractivity contribution in [3.63, 3.8) is 0 Å². The van der Waals surface area contributed by atoms with Gasteiger partial charge in [0.2, 0.25) is 10.0 Å². The van der Waals surface area contributed by atoms with Gasteiger partial charge in [-0.3, -0.25) is 0 Å². The monoisotopic (exact) mass is 291 g/mol. The van der Waals surface area contributed by atoms with Gasteiger partial charge in [-0.15, -0.1) is 11.3 Å². The van der Waals surface area contributed by atoms with Crippen molar-refractivity contribution in [1.29, 1.82) is 0 Å². The van der Waals surface area contributed by atoms with Gasteiger partial charge >= 0.3 is 5.97 Å². The summed E-state index contributed by atoms with van der Waals surface area (Å²) in [6, 6.07) is 1.17. The molecular weight excluding hydrogens is 274 g/mol. The van der Waals surface area contributed by atoms with E-state index in [1.165, 1.54) is 11.4 Å². The molecule has 7 heteroatoms. The van der Waals surface area contributed by atoms with E-state index in [0.29, 0.717) is 6.54 Å². The fourth-order valence-electron chi connectivity index (χ4n) is 1.06. The van der Waals surface area contributed by atoms with Gasteiger partial charge in [0.1, 0.15) is 4.21 Å². The summed E-state index contributed by atoms with van der Waals surface area (Å²) in [7, 11) is -3.61. The number of rotatable bonds is 6. The average molecular weight is 291 g/mol. The van der Waals surface area contributed by atoms with Crippen LogP contribution >= 0.6 is 11.3 Å². The molecule has 1 aromatic heterocycles. The standard InChI is InChI=1S/C11H17NO4S2/c1-4-11(2,3)7-12-18(15,16)9-5-8(6-17-9)10(13)14/h5-6,12H,4,7H2,1-3H3,(H,13,14). The Bertz CT molecular complexity index is 531. The lowest BCUT2D eigenvalue weighted by atomic mass is 9.91. The van der Waals surface area contributed by atoms with Gasteiger partial charge in [0.15, 0.2) is 0 Å². The number of hydrogen-bond donors (Lipinski definition) is 2. The molecule has 0 aliphatic rings. The zero-order chi connectivity index (χ0) is 14.0. The van der Waals surface area contributed by atoms with Crippen molar-refractivity contribution in [1.82, 2.24) is 4.72 Å². The highest BCUT2D eigenvalue weighted by atomic mass is 32.2. The van der Waals surface area contributed by atoms with Crippen LogP contribution < -0.4 is 4.72 Å². The molecule has 0 bridgehead atoms. The second-order valence-electron chi connectivity index (χ2n) is 4.80. The minimum Gasteiger partial charge on any atom is -0.478 e. The molecule has 0 aromatic carbocycles. The van der Waals surface area contributed by atoms with Gasteiger partial charge in [0.25, 0.3) is 0 Å². The molecule has 2 N–H and O–H groups in total. The Morgan fingerprint density at radius 2 is 2.11 bits per heavy atom. The molecule has 5 nitrogen and oxygen atoms in total. The van der Waals surface area contributed by atoms with Crippen LogP contribution in [0.25, 0.3) is 0 Å². The number of nitrogens with one attached hydrogen (secondary N) is 1. The van der Waals surface area contributed by atoms with E-state index in [1.807, 2.05) is 20.8 Å². The van der Waals surface area contributed by atoms with Crippen LogP contribution in [0.1, 0.15) is 37.6 Å². The molecule has 0 atom stereocenters. The molecular formula is C11H17NO4S2. The second kappa shape index (κ2) is 5.38. The van der Waals surface area contributed by atoms with Crippen molar-refractivity contribution in [2.75, 3.05) is 6.54 Å². The van der Waals surface area contributed by atoms with Crippen LogP contribution in [0.4, 0.5) is 0 Å². The van der Waals surface area contributed by atoms with E-state index in [4.69, 9.17) is 5.11 Å². The SMILES string of the molecule is CCC(C)(C)CNS(=O)(=O)c1cc(C(=O)O)cs1. The van der Waals surface area contributed by atoms with E-state index in [9.17, 15) is 13.2 Å². The molecule has 0 fully saturated rings. The third-order valence-corrected chi connectivity index (χ3v) is 5.63. The Hall–Kier alpha value is -0.920. The van der Waals surface area contributed by atoms with Gasteiger partial charge in [-0.05, 0) is 17.9 Å². The molecule has 0 aliphatic heterocycles. The third-order valence-electron chi connectivity index (χ3n) is 2.79. The van der Waals surface area contributed by atoms with Crippen molar-refractivity contribution in [3.05, 3.63) is 17.0 Å². The number of carboxylic acids is 1. The Kier molecular flexibility index (Phi) is 4.52. The summed E-state index contributed by atoms with van der Waals surface area (Å²) < 4.78 is 26.4. The number of aromatic carboxylic acids is 1. The summed E-state index contributed by atoms with van der Waals surface area (Å²) in [5, 5.41) is 10.1. The highest BCUT2D eigenvalue weighted by Crippen LogP contribution is 2.22. The first-order chi connectivity index (χ1) is 8.18. The summed E-state index contributed by atoms with van der Waals surface area (Å²) in [5.41, 5.74) is -0.130. The topological polar surface area (TPSA) is 83.5 Å². The van der Waals surface area contributed by atoms with Gasteiger partial charge in [0.05, 0.1) is 5.56 Å². The maximum atomic E-state index is 11.9. The van der Waals surface area contributed by atoms with Crippen LogP contribution in [0.15, 0.2) is 15.7 Å². The molecule has 0 unspecified atom stereocenters. The van der Waals surface area contributed by atoms with Gasteiger partial charge in [-0.25, -0.2) is 17.9 Å². The first kappa shape index (κ1) is 15.1. The van der Waals surface area contributed by atoms with Crippen molar-refractivity contribution < 1.29 is 18.3 Å². The molecule has 102 valence electrons. The van der Waals surface area contributed by atoms with E-state index in [-0.39, 0.29) is 15.2 Å². The summed E-state index contributed by atoms with van der Waals surface area (Å²) in [6.45, 7) is 6.24. The maximum absolute atomic E-state index is 11.9. The van der Waals surface area contributed by atoms with E-state index < -0.39 is 16.0 Å². The Labute approximate surface area is 111 Å². The van der Waals surface area contributed by atoms with E-state index in [2.05, 4.69) is 4.72 Å². The van der Waals surface area contributed by atoms with Gasteiger partial charge < -0.3 is 5.11 Å². The van der Waals surface area contributed by atoms with Crippen molar-refractivity contribution in [3.8, 4) is 0 Å². The van der Waals surface area contributed by atoms with E-state index in [0.717, 1.165) is 17.8 Å². The number of carboxylic acid groups (broad SMARTS) is 1. The average Bonchev–Trinajstić information content (AvgIpc) is 2.77. The Morgan fingerprint density at radius 3 is 2.56 bits per heavy atom. The predicted octanol–water partition coefficient (Wildman–Crippen LogP) is 2.16. The number of thiophene rings is 1. The largest absolute Gasteiger partial charge is 0.478 e. The molecule has 0 saturated carbocycles. The van der Waals surface area contributed by atoms with Crippen LogP contribution in [0.2, 0.25) is 0 Å². The molecule has 0 amide bonds. The molecule has 0 radical (unpaired) electrons. The van der Waals surface area contributed by atoms with Crippen molar-refractivity contribution >= 4 is 27.3 Å². The number of carbonyl (C=O) groups is 1. The molecule has 1 aromatic rings. The third kappa shape index (κ3) is 3.79. The summed E-state index contributed by atoms with van der Waals surface area (Å²) in [5.74, 6) is -1.12. The van der Waals surface area contributed by atoms with Gasteiger partial charge in [-0.2, -0.15) is 0 Å². The number of sulfonamides is 1.